The van der Waals surface area contributed by atoms with Crippen molar-refractivity contribution in [1.29, 1.82) is 5.26 Å². The number of benzene rings is 1. The fourth-order valence-corrected chi connectivity index (χ4v) is 2.20. The molecule has 0 bridgehead atoms. The average Bonchev–Trinajstić information content (AvgIpc) is 2.58. The monoisotopic (exact) mass is 376 g/mol. The Morgan fingerprint density at radius 1 is 1.30 bits per heavy atom. The number of carbonyl (C=O) groups is 1. The van der Waals surface area contributed by atoms with Crippen LogP contribution >= 0.6 is 15.9 Å². The summed E-state index contributed by atoms with van der Waals surface area (Å²) in [7, 11) is 2.75. The van der Waals surface area contributed by atoms with E-state index >= 15 is 0 Å². The third kappa shape index (κ3) is 3.43. The lowest BCUT2D eigenvalue weighted by Gasteiger charge is -2.14. The minimum absolute atomic E-state index is 0.0977. The summed E-state index contributed by atoms with van der Waals surface area (Å²) in [5.41, 5.74) is 1.30. The first-order chi connectivity index (χ1) is 11.0. The van der Waals surface area contributed by atoms with Gasteiger partial charge in [-0.25, -0.2) is 9.78 Å². The maximum atomic E-state index is 12.0. The van der Waals surface area contributed by atoms with Crippen LogP contribution in [0.5, 0.6) is 17.4 Å². The van der Waals surface area contributed by atoms with Crippen molar-refractivity contribution in [3.63, 3.8) is 0 Å². The van der Waals surface area contributed by atoms with Crippen LogP contribution in [0.1, 0.15) is 21.5 Å². The van der Waals surface area contributed by atoms with Crippen LogP contribution < -0.4 is 9.47 Å². The molecule has 0 saturated heterocycles. The summed E-state index contributed by atoms with van der Waals surface area (Å²) in [5.74, 6) is 0.243. The molecule has 0 fully saturated rings. The summed E-state index contributed by atoms with van der Waals surface area (Å²) in [6.45, 7) is 1.75. The number of halogens is 1. The van der Waals surface area contributed by atoms with Crippen molar-refractivity contribution < 1.29 is 19.0 Å². The predicted molar refractivity (Wildman–Crippen MR) is 85.8 cm³/mol. The van der Waals surface area contributed by atoms with Crippen molar-refractivity contribution in [2.75, 3.05) is 14.2 Å². The molecule has 0 aliphatic rings. The Morgan fingerprint density at radius 3 is 2.65 bits per heavy atom. The number of pyridine rings is 1. The van der Waals surface area contributed by atoms with Crippen LogP contribution in [0.4, 0.5) is 0 Å². The molecule has 0 aliphatic carbocycles. The van der Waals surface area contributed by atoms with E-state index in [4.69, 9.17) is 19.5 Å². The number of ether oxygens (including phenoxy) is 3. The van der Waals surface area contributed by atoms with E-state index in [1.807, 2.05) is 6.07 Å². The van der Waals surface area contributed by atoms with Gasteiger partial charge in [0.2, 0.25) is 5.88 Å². The zero-order valence-electron chi connectivity index (χ0n) is 12.7. The lowest BCUT2D eigenvalue weighted by atomic mass is 10.1. The zero-order chi connectivity index (χ0) is 17.0. The SMILES string of the molecule is COC(=O)c1c(Oc2ccc(C#N)cc2OC)ncc(Br)c1C. The molecular formula is C16H13BrN2O4. The van der Waals surface area contributed by atoms with Crippen LogP contribution in [0.15, 0.2) is 28.9 Å². The van der Waals surface area contributed by atoms with E-state index in [0.717, 1.165) is 0 Å². The molecule has 0 amide bonds. The number of hydrogen-bond acceptors (Lipinski definition) is 6. The van der Waals surface area contributed by atoms with Gasteiger partial charge in [-0.15, -0.1) is 0 Å². The fraction of sp³-hybridized carbons (Fsp3) is 0.188. The normalized spacial score (nSPS) is 9.87. The topological polar surface area (TPSA) is 81.4 Å². The number of methoxy groups -OCH3 is 2. The second kappa shape index (κ2) is 7.11. The van der Waals surface area contributed by atoms with Crippen molar-refractivity contribution in [3.05, 3.63) is 45.6 Å². The number of nitrogens with zero attached hydrogens (tertiary/aromatic N) is 2. The van der Waals surface area contributed by atoms with Gasteiger partial charge in [0.15, 0.2) is 11.5 Å². The number of aromatic nitrogens is 1. The number of nitriles is 1. The van der Waals surface area contributed by atoms with Gasteiger partial charge in [0, 0.05) is 16.7 Å². The van der Waals surface area contributed by atoms with Crippen LogP contribution in [0, 0.1) is 18.3 Å². The third-order valence-electron chi connectivity index (χ3n) is 3.13. The zero-order valence-corrected chi connectivity index (χ0v) is 14.3. The highest BCUT2D eigenvalue weighted by molar-refractivity contribution is 9.10. The van der Waals surface area contributed by atoms with E-state index in [1.165, 1.54) is 20.4 Å². The van der Waals surface area contributed by atoms with Gasteiger partial charge in [0.05, 0.1) is 25.9 Å². The molecule has 1 aromatic heterocycles. The molecule has 0 saturated carbocycles. The Labute approximate surface area is 141 Å². The highest BCUT2D eigenvalue weighted by Crippen LogP contribution is 2.35. The Morgan fingerprint density at radius 2 is 2.04 bits per heavy atom. The number of rotatable bonds is 4. The highest BCUT2D eigenvalue weighted by atomic mass is 79.9. The van der Waals surface area contributed by atoms with Crippen LogP contribution in [0.25, 0.3) is 0 Å². The molecule has 0 aliphatic heterocycles. The van der Waals surface area contributed by atoms with Crippen molar-refractivity contribution in [1.82, 2.24) is 4.98 Å². The first-order valence-electron chi connectivity index (χ1n) is 6.51. The first kappa shape index (κ1) is 16.8. The van der Waals surface area contributed by atoms with E-state index in [1.54, 1.807) is 25.1 Å². The van der Waals surface area contributed by atoms with E-state index in [2.05, 4.69) is 20.9 Å². The van der Waals surface area contributed by atoms with Gasteiger partial charge in [-0.3, -0.25) is 0 Å². The number of hydrogen-bond donors (Lipinski definition) is 0. The summed E-state index contributed by atoms with van der Waals surface area (Å²) in [5, 5.41) is 8.93. The number of carbonyl (C=O) groups excluding carboxylic acids is 1. The second-order valence-corrected chi connectivity index (χ2v) is 5.34. The highest BCUT2D eigenvalue weighted by Gasteiger charge is 2.21. The maximum absolute atomic E-state index is 12.0. The molecule has 7 heteroatoms. The van der Waals surface area contributed by atoms with Crippen molar-refractivity contribution in [3.8, 4) is 23.4 Å². The van der Waals surface area contributed by atoms with Crippen LogP contribution in [-0.4, -0.2) is 25.2 Å². The largest absolute Gasteiger partial charge is 0.493 e. The van der Waals surface area contributed by atoms with Crippen molar-refractivity contribution >= 4 is 21.9 Å². The fourth-order valence-electron chi connectivity index (χ4n) is 1.90. The summed E-state index contributed by atoms with van der Waals surface area (Å²) >= 11 is 3.32. The second-order valence-electron chi connectivity index (χ2n) is 4.48. The molecule has 0 spiro atoms. The quantitative estimate of drug-likeness (QED) is 0.758. The Kier molecular flexibility index (Phi) is 5.19. The van der Waals surface area contributed by atoms with Crippen LogP contribution in [-0.2, 0) is 4.74 Å². The molecule has 6 nitrogen and oxygen atoms in total. The van der Waals surface area contributed by atoms with Crippen molar-refractivity contribution in [2.45, 2.75) is 6.92 Å². The van der Waals surface area contributed by atoms with Gasteiger partial charge in [0.1, 0.15) is 5.56 Å². The molecule has 23 heavy (non-hydrogen) atoms. The van der Waals surface area contributed by atoms with Gasteiger partial charge < -0.3 is 14.2 Å². The van der Waals surface area contributed by atoms with Gasteiger partial charge >= 0.3 is 5.97 Å². The molecule has 2 rings (SSSR count). The molecule has 1 aromatic carbocycles. The standard InChI is InChI=1S/C16H13BrN2O4/c1-9-11(17)8-19-15(14(9)16(20)22-3)23-12-5-4-10(7-18)6-13(12)21-2/h4-6,8H,1-3H3. The van der Waals surface area contributed by atoms with Gasteiger partial charge in [-0.1, -0.05) is 0 Å². The lowest BCUT2D eigenvalue weighted by molar-refractivity contribution is 0.0596. The summed E-state index contributed by atoms with van der Waals surface area (Å²) in [6.07, 6.45) is 1.53. The molecule has 118 valence electrons. The Bertz CT molecular complexity index is 799. The molecule has 0 unspecified atom stereocenters. The smallest absolute Gasteiger partial charge is 0.343 e. The molecule has 2 aromatic rings. The molecular weight excluding hydrogens is 364 g/mol. The minimum Gasteiger partial charge on any atom is -0.493 e. The van der Waals surface area contributed by atoms with Gasteiger partial charge in [-0.2, -0.15) is 5.26 Å². The lowest BCUT2D eigenvalue weighted by Crippen LogP contribution is -2.08. The molecule has 1 heterocycles. The molecule has 0 radical (unpaired) electrons. The average molecular weight is 377 g/mol. The third-order valence-corrected chi connectivity index (χ3v) is 3.93. The minimum atomic E-state index is -0.557. The number of esters is 1. The van der Waals surface area contributed by atoms with Crippen LogP contribution in [0.2, 0.25) is 0 Å². The van der Waals surface area contributed by atoms with E-state index in [-0.39, 0.29) is 11.4 Å². The van der Waals surface area contributed by atoms with E-state index in [9.17, 15) is 4.79 Å². The Hall–Kier alpha value is -2.59. The first-order valence-corrected chi connectivity index (χ1v) is 7.30. The molecule has 0 N–H and O–H groups in total. The summed E-state index contributed by atoms with van der Waals surface area (Å²) in [6, 6.07) is 6.72. The molecule has 0 atom stereocenters. The predicted octanol–water partition coefficient (Wildman–Crippen LogP) is 3.61. The van der Waals surface area contributed by atoms with Gasteiger partial charge in [-0.05, 0) is 40.5 Å². The van der Waals surface area contributed by atoms with Crippen molar-refractivity contribution in [2.24, 2.45) is 0 Å². The maximum Gasteiger partial charge on any atom is 0.343 e. The van der Waals surface area contributed by atoms with E-state index < -0.39 is 5.97 Å². The van der Waals surface area contributed by atoms with Gasteiger partial charge in [0.25, 0.3) is 0 Å². The summed E-state index contributed by atoms with van der Waals surface area (Å²) < 4.78 is 16.4. The Balaban J connectivity index is 2.51. The summed E-state index contributed by atoms with van der Waals surface area (Å²) in [4.78, 5) is 16.1. The van der Waals surface area contributed by atoms with Crippen LogP contribution in [0.3, 0.4) is 0 Å². The van der Waals surface area contributed by atoms with E-state index in [0.29, 0.717) is 27.1 Å².